The van der Waals surface area contributed by atoms with Gasteiger partial charge in [-0.05, 0) is 61.9 Å². The predicted molar refractivity (Wildman–Crippen MR) is 129 cm³/mol. The van der Waals surface area contributed by atoms with E-state index in [1.54, 1.807) is 12.1 Å². The topological polar surface area (TPSA) is 75.6 Å². The molecule has 174 valence electrons. The van der Waals surface area contributed by atoms with Crippen molar-refractivity contribution in [3.05, 3.63) is 64.2 Å². The summed E-state index contributed by atoms with van der Waals surface area (Å²) in [5, 5.41) is 12.6. The minimum Gasteiger partial charge on any atom is -0.488 e. The first-order valence-corrected chi connectivity index (χ1v) is 11.7. The minimum absolute atomic E-state index is 0.161. The summed E-state index contributed by atoms with van der Waals surface area (Å²) in [5.74, 6) is -0.815. The lowest BCUT2D eigenvalue weighted by atomic mass is 9.96. The number of rotatable bonds is 12. The van der Waals surface area contributed by atoms with E-state index in [4.69, 9.17) is 16.3 Å². The highest BCUT2D eigenvalue weighted by atomic mass is 35.5. The highest BCUT2D eigenvalue weighted by molar-refractivity contribution is 6.34. The Kier molecular flexibility index (Phi) is 9.58. The van der Waals surface area contributed by atoms with Crippen LogP contribution >= 0.6 is 11.6 Å². The fraction of sp³-hybridized carbons (Fsp3) is 0.462. The number of carbonyl (C=O) groups is 2. The van der Waals surface area contributed by atoms with Crippen molar-refractivity contribution in [1.82, 2.24) is 5.32 Å². The number of amides is 1. The van der Waals surface area contributed by atoms with Crippen molar-refractivity contribution in [3.8, 4) is 5.75 Å². The third-order valence-corrected chi connectivity index (χ3v) is 6.16. The number of ether oxygens (including phenoxy) is 1. The zero-order valence-corrected chi connectivity index (χ0v) is 20.2. The van der Waals surface area contributed by atoms with E-state index >= 15 is 0 Å². The van der Waals surface area contributed by atoms with Gasteiger partial charge in [-0.15, -0.1) is 0 Å². The van der Waals surface area contributed by atoms with Crippen LogP contribution in [0.2, 0.25) is 5.02 Å². The maximum Gasteiger partial charge on any atom is 0.326 e. The molecule has 0 heterocycles. The summed E-state index contributed by atoms with van der Waals surface area (Å²) in [6.45, 7) is 8.32. The molecule has 0 saturated heterocycles. The van der Waals surface area contributed by atoms with E-state index in [9.17, 15) is 14.7 Å². The summed E-state index contributed by atoms with van der Waals surface area (Å²) >= 11 is 6.22. The Bertz CT molecular complexity index is 913. The Morgan fingerprint density at radius 2 is 1.81 bits per heavy atom. The number of carboxylic acids is 1. The molecular weight excluding hydrogens is 426 g/mol. The number of aryl methyl sites for hydroxylation is 1. The number of carbonyl (C=O) groups excluding carboxylic acids is 1. The maximum atomic E-state index is 12.8. The lowest BCUT2D eigenvalue weighted by molar-refractivity contribution is -0.139. The summed E-state index contributed by atoms with van der Waals surface area (Å²) < 4.78 is 6.22. The Hall–Kier alpha value is -2.53. The van der Waals surface area contributed by atoms with Gasteiger partial charge in [-0.25, -0.2) is 4.79 Å². The summed E-state index contributed by atoms with van der Waals surface area (Å²) in [4.78, 5) is 24.6. The normalized spacial score (nSPS) is 13.8. The standard InChI is InChI=1S/C26H34ClNO4/c1-5-8-16-26(4,7-3)32-20-14-12-18(13-15-20)17-22(25(30)31)28-24(29)23-19(6-2)10-9-11-21(23)27/h9-15,22H,5-8,16-17H2,1-4H3,(H,28,29)(H,30,31). The maximum absolute atomic E-state index is 12.8. The van der Waals surface area contributed by atoms with Crippen molar-refractivity contribution in [1.29, 1.82) is 0 Å². The van der Waals surface area contributed by atoms with Crippen molar-refractivity contribution in [2.75, 3.05) is 0 Å². The monoisotopic (exact) mass is 459 g/mol. The average molecular weight is 460 g/mol. The molecule has 0 bridgehead atoms. The molecule has 1 amide bonds. The van der Waals surface area contributed by atoms with E-state index in [2.05, 4.69) is 26.1 Å². The van der Waals surface area contributed by atoms with Gasteiger partial charge in [-0.2, -0.15) is 0 Å². The quantitative estimate of drug-likeness (QED) is 0.404. The largest absolute Gasteiger partial charge is 0.488 e. The van der Waals surface area contributed by atoms with Gasteiger partial charge in [-0.1, -0.05) is 63.1 Å². The van der Waals surface area contributed by atoms with E-state index in [-0.39, 0.29) is 12.0 Å². The van der Waals surface area contributed by atoms with Crippen molar-refractivity contribution in [2.24, 2.45) is 0 Å². The van der Waals surface area contributed by atoms with Crippen LogP contribution in [0, 0.1) is 0 Å². The van der Waals surface area contributed by atoms with Crippen LogP contribution in [0.15, 0.2) is 42.5 Å². The van der Waals surface area contributed by atoms with E-state index in [0.29, 0.717) is 17.0 Å². The molecule has 6 heteroatoms. The lowest BCUT2D eigenvalue weighted by Crippen LogP contribution is -2.42. The molecule has 2 aromatic carbocycles. The average Bonchev–Trinajstić information content (AvgIpc) is 2.78. The van der Waals surface area contributed by atoms with Gasteiger partial charge in [0, 0.05) is 6.42 Å². The summed E-state index contributed by atoms with van der Waals surface area (Å²) in [6.07, 6.45) is 4.90. The number of carboxylic acid groups (broad SMARTS) is 1. The number of halogens is 1. The highest BCUT2D eigenvalue weighted by Gasteiger charge is 2.25. The van der Waals surface area contributed by atoms with Crippen LogP contribution in [0.3, 0.4) is 0 Å². The first kappa shape index (κ1) is 25.7. The predicted octanol–water partition coefficient (Wildman–Crippen LogP) is 6.07. The number of hydrogen-bond acceptors (Lipinski definition) is 3. The molecule has 0 radical (unpaired) electrons. The van der Waals surface area contributed by atoms with Gasteiger partial charge in [0.15, 0.2) is 0 Å². The molecule has 0 aliphatic rings. The second kappa shape index (κ2) is 11.9. The second-order valence-corrected chi connectivity index (χ2v) is 8.76. The molecule has 32 heavy (non-hydrogen) atoms. The number of nitrogens with one attached hydrogen (secondary N) is 1. The molecule has 0 saturated carbocycles. The third kappa shape index (κ3) is 6.99. The van der Waals surface area contributed by atoms with E-state index in [1.807, 2.05) is 37.3 Å². The zero-order valence-electron chi connectivity index (χ0n) is 19.4. The smallest absolute Gasteiger partial charge is 0.326 e. The Morgan fingerprint density at radius 3 is 2.38 bits per heavy atom. The first-order chi connectivity index (χ1) is 15.2. The van der Waals surface area contributed by atoms with Crippen LogP contribution in [0.25, 0.3) is 0 Å². The molecular formula is C26H34ClNO4. The molecule has 2 unspecified atom stereocenters. The fourth-order valence-electron chi connectivity index (χ4n) is 3.61. The van der Waals surface area contributed by atoms with Gasteiger partial charge in [0.1, 0.15) is 17.4 Å². The molecule has 0 aliphatic carbocycles. The molecule has 2 atom stereocenters. The lowest BCUT2D eigenvalue weighted by Gasteiger charge is -2.30. The Morgan fingerprint density at radius 1 is 1.12 bits per heavy atom. The molecule has 0 aromatic heterocycles. The Labute approximate surface area is 196 Å². The van der Waals surface area contributed by atoms with Crippen molar-refractivity contribution in [2.45, 2.75) is 77.9 Å². The van der Waals surface area contributed by atoms with Gasteiger partial charge in [0.05, 0.1) is 10.6 Å². The second-order valence-electron chi connectivity index (χ2n) is 8.35. The molecule has 2 aromatic rings. The molecule has 0 spiro atoms. The number of hydrogen-bond donors (Lipinski definition) is 2. The van der Waals surface area contributed by atoms with Gasteiger partial charge in [-0.3, -0.25) is 4.79 Å². The van der Waals surface area contributed by atoms with Crippen LogP contribution < -0.4 is 10.1 Å². The van der Waals surface area contributed by atoms with Gasteiger partial charge in [0.25, 0.3) is 5.91 Å². The number of unbranched alkanes of at least 4 members (excludes halogenated alkanes) is 1. The van der Waals surface area contributed by atoms with Crippen molar-refractivity contribution >= 4 is 23.5 Å². The van der Waals surface area contributed by atoms with E-state index in [1.165, 1.54) is 0 Å². The van der Waals surface area contributed by atoms with Crippen LogP contribution in [0.1, 0.15) is 74.9 Å². The Balaban J connectivity index is 2.10. The number of benzene rings is 2. The molecule has 0 fully saturated rings. The molecule has 0 aliphatic heterocycles. The minimum atomic E-state index is -1.10. The van der Waals surface area contributed by atoms with Crippen LogP contribution in [0.4, 0.5) is 0 Å². The van der Waals surface area contributed by atoms with Crippen LogP contribution in [-0.4, -0.2) is 28.6 Å². The summed E-state index contributed by atoms with van der Waals surface area (Å²) in [7, 11) is 0. The molecule has 5 nitrogen and oxygen atoms in total. The van der Waals surface area contributed by atoms with Gasteiger partial charge < -0.3 is 15.2 Å². The van der Waals surface area contributed by atoms with Gasteiger partial charge >= 0.3 is 5.97 Å². The van der Waals surface area contributed by atoms with Crippen LogP contribution in [0.5, 0.6) is 5.75 Å². The van der Waals surface area contributed by atoms with Crippen LogP contribution in [-0.2, 0) is 17.6 Å². The zero-order chi connectivity index (χ0) is 23.7. The first-order valence-electron chi connectivity index (χ1n) is 11.3. The highest BCUT2D eigenvalue weighted by Crippen LogP contribution is 2.27. The third-order valence-electron chi connectivity index (χ3n) is 5.85. The molecule has 2 N–H and O–H groups in total. The number of aliphatic carboxylic acids is 1. The fourth-order valence-corrected chi connectivity index (χ4v) is 3.89. The van der Waals surface area contributed by atoms with Gasteiger partial charge in [0.2, 0.25) is 0 Å². The summed E-state index contributed by atoms with van der Waals surface area (Å²) in [5.41, 5.74) is 1.69. The van der Waals surface area contributed by atoms with E-state index < -0.39 is 17.9 Å². The van der Waals surface area contributed by atoms with E-state index in [0.717, 1.165) is 42.6 Å². The molecule has 2 rings (SSSR count). The van der Waals surface area contributed by atoms with Crippen molar-refractivity contribution in [3.63, 3.8) is 0 Å². The SMILES string of the molecule is CCCCC(C)(CC)Oc1ccc(CC(NC(=O)c2c(Cl)cccc2CC)C(=O)O)cc1. The summed E-state index contributed by atoms with van der Waals surface area (Å²) in [6, 6.07) is 11.6. The van der Waals surface area contributed by atoms with Crippen molar-refractivity contribution < 1.29 is 19.4 Å².